The van der Waals surface area contributed by atoms with E-state index >= 15 is 0 Å². The number of hydrogen-bond acceptors (Lipinski definition) is 8. The Balaban J connectivity index is 2.38. The van der Waals surface area contributed by atoms with Crippen molar-refractivity contribution in [2.75, 3.05) is 5.32 Å². The van der Waals surface area contributed by atoms with Gasteiger partial charge in [-0.2, -0.15) is 4.98 Å². The van der Waals surface area contributed by atoms with Gasteiger partial charge in [0.15, 0.2) is 11.2 Å². The molecule has 0 unspecified atom stereocenters. The minimum absolute atomic E-state index is 0.0179. The SMILES string of the molecule is CC(=O)Nc1nc2ncc(C=NOC(C)=O)nc2c(=O)[nH]1. The van der Waals surface area contributed by atoms with E-state index in [0.29, 0.717) is 0 Å². The van der Waals surface area contributed by atoms with Crippen molar-refractivity contribution in [3.63, 3.8) is 0 Å². The molecule has 2 aromatic rings. The number of fused-ring (bicyclic) bond motifs is 1. The highest BCUT2D eigenvalue weighted by Crippen LogP contribution is 2.04. The van der Waals surface area contributed by atoms with Crippen LogP contribution in [0.2, 0.25) is 0 Å². The Labute approximate surface area is 117 Å². The van der Waals surface area contributed by atoms with Crippen LogP contribution in [0.4, 0.5) is 5.95 Å². The molecule has 108 valence electrons. The quantitative estimate of drug-likeness (QED) is 0.444. The second-order valence-corrected chi connectivity index (χ2v) is 3.88. The van der Waals surface area contributed by atoms with E-state index in [1.54, 1.807) is 0 Å². The van der Waals surface area contributed by atoms with Crippen LogP contribution in [0.25, 0.3) is 11.2 Å². The monoisotopic (exact) mass is 290 g/mol. The summed E-state index contributed by atoms with van der Waals surface area (Å²) in [4.78, 5) is 51.9. The number of anilines is 1. The van der Waals surface area contributed by atoms with Gasteiger partial charge in [-0.15, -0.1) is 0 Å². The normalized spacial score (nSPS) is 10.8. The number of amides is 1. The molecule has 2 aromatic heterocycles. The van der Waals surface area contributed by atoms with Gasteiger partial charge in [0.25, 0.3) is 5.56 Å². The maximum Gasteiger partial charge on any atom is 0.331 e. The number of rotatable bonds is 3. The maximum atomic E-state index is 11.8. The number of hydrogen-bond donors (Lipinski definition) is 2. The standard InChI is InChI=1S/C11H10N6O4/c1-5(18)14-11-16-9-8(10(20)17-11)15-7(3-12-9)4-13-21-6(2)19/h3-4H,1-2H3,(H2,12,14,16,17,18,20). The Kier molecular flexibility index (Phi) is 3.97. The molecular formula is C11H10N6O4. The van der Waals surface area contributed by atoms with Crippen molar-refractivity contribution in [1.29, 1.82) is 0 Å². The van der Waals surface area contributed by atoms with Gasteiger partial charge in [0.2, 0.25) is 11.9 Å². The van der Waals surface area contributed by atoms with E-state index in [2.05, 4.69) is 35.2 Å². The number of aromatic nitrogens is 4. The van der Waals surface area contributed by atoms with Crippen LogP contribution < -0.4 is 10.9 Å². The molecule has 0 spiro atoms. The minimum atomic E-state index is -0.584. The van der Waals surface area contributed by atoms with Crippen LogP contribution >= 0.6 is 0 Å². The molecule has 0 aliphatic carbocycles. The Morgan fingerprint density at radius 1 is 1.38 bits per heavy atom. The predicted molar refractivity (Wildman–Crippen MR) is 71.6 cm³/mol. The van der Waals surface area contributed by atoms with E-state index < -0.39 is 11.5 Å². The molecule has 0 aliphatic rings. The van der Waals surface area contributed by atoms with Crippen molar-refractivity contribution < 1.29 is 14.4 Å². The van der Waals surface area contributed by atoms with Crippen LogP contribution in [-0.2, 0) is 14.4 Å². The van der Waals surface area contributed by atoms with Gasteiger partial charge in [0.05, 0.1) is 12.4 Å². The number of carbonyl (C=O) groups is 2. The zero-order chi connectivity index (χ0) is 15.4. The summed E-state index contributed by atoms with van der Waals surface area (Å²) in [6.07, 6.45) is 2.42. The van der Waals surface area contributed by atoms with Crippen molar-refractivity contribution in [1.82, 2.24) is 19.9 Å². The van der Waals surface area contributed by atoms with Crippen molar-refractivity contribution in [2.45, 2.75) is 13.8 Å². The topological polar surface area (TPSA) is 139 Å². The fourth-order valence-corrected chi connectivity index (χ4v) is 1.37. The van der Waals surface area contributed by atoms with Gasteiger partial charge in [-0.1, -0.05) is 5.16 Å². The molecule has 0 fully saturated rings. The van der Waals surface area contributed by atoms with E-state index in [1.807, 2.05) is 0 Å². The number of H-pyrrole nitrogens is 1. The third-order valence-electron chi connectivity index (χ3n) is 2.10. The maximum absolute atomic E-state index is 11.8. The summed E-state index contributed by atoms with van der Waals surface area (Å²) in [5.74, 6) is -0.981. The summed E-state index contributed by atoms with van der Waals surface area (Å²) in [6.45, 7) is 2.48. The van der Waals surface area contributed by atoms with E-state index in [0.717, 1.165) is 6.21 Å². The molecule has 10 heteroatoms. The third-order valence-corrected chi connectivity index (χ3v) is 2.10. The van der Waals surface area contributed by atoms with Gasteiger partial charge in [-0.3, -0.25) is 19.9 Å². The summed E-state index contributed by atoms with van der Waals surface area (Å²) < 4.78 is 0. The zero-order valence-electron chi connectivity index (χ0n) is 11.1. The second-order valence-electron chi connectivity index (χ2n) is 3.88. The van der Waals surface area contributed by atoms with Crippen molar-refractivity contribution in [3.05, 3.63) is 22.2 Å². The lowest BCUT2D eigenvalue weighted by Crippen LogP contribution is -2.17. The molecular weight excluding hydrogens is 280 g/mol. The summed E-state index contributed by atoms with van der Waals surface area (Å²) in [5, 5.41) is 5.71. The molecule has 2 N–H and O–H groups in total. The molecule has 0 aliphatic heterocycles. The summed E-state index contributed by atoms with van der Waals surface area (Å²) in [7, 11) is 0. The summed E-state index contributed by atoms with van der Waals surface area (Å²) >= 11 is 0. The average molecular weight is 290 g/mol. The molecule has 0 aromatic carbocycles. The number of nitrogens with one attached hydrogen (secondary N) is 2. The van der Waals surface area contributed by atoms with Crippen molar-refractivity contribution >= 4 is 35.2 Å². The summed E-state index contributed by atoms with van der Waals surface area (Å²) in [5.41, 5.74) is -0.328. The predicted octanol–water partition coefficient (Wildman–Crippen LogP) is -0.432. The Morgan fingerprint density at radius 2 is 2.14 bits per heavy atom. The molecule has 21 heavy (non-hydrogen) atoms. The Hall–Kier alpha value is -3.17. The molecule has 1 amide bonds. The second kappa shape index (κ2) is 5.86. The highest BCUT2D eigenvalue weighted by atomic mass is 16.7. The first-order valence-electron chi connectivity index (χ1n) is 5.71. The molecule has 0 saturated heterocycles. The first-order chi connectivity index (χ1) is 9.95. The lowest BCUT2D eigenvalue weighted by Gasteiger charge is -2.02. The fourth-order valence-electron chi connectivity index (χ4n) is 1.37. The fraction of sp³-hybridized carbons (Fsp3) is 0.182. The van der Waals surface area contributed by atoms with E-state index in [-0.39, 0.29) is 28.7 Å². The van der Waals surface area contributed by atoms with Gasteiger partial charge in [0, 0.05) is 13.8 Å². The Morgan fingerprint density at radius 3 is 2.81 bits per heavy atom. The van der Waals surface area contributed by atoms with Crippen LogP contribution in [0.15, 0.2) is 16.1 Å². The zero-order valence-corrected chi connectivity index (χ0v) is 11.1. The first-order valence-corrected chi connectivity index (χ1v) is 5.71. The lowest BCUT2D eigenvalue weighted by molar-refractivity contribution is -0.140. The van der Waals surface area contributed by atoms with E-state index in [1.165, 1.54) is 20.0 Å². The number of aromatic amines is 1. The van der Waals surface area contributed by atoms with Crippen LogP contribution in [0.1, 0.15) is 19.5 Å². The highest BCUT2D eigenvalue weighted by Gasteiger charge is 2.08. The van der Waals surface area contributed by atoms with Gasteiger partial charge >= 0.3 is 5.97 Å². The van der Waals surface area contributed by atoms with E-state index in [4.69, 9.17) is 0 Å². The highest BCUT2D eigenvalue weighted by molar-refractivity contribution is 5.87. The molecule has 10 nitrogen and oxygen atoms in total. The third kappa shape index (κ3) is 3.65. The van der Waals surface area contributed by atoms with Crippen molar-refractivity contribution in [3.8, 4) is 0 Å². The largest absolute Gasteiger partial charge is 0.331 e. The smallest absolute Gasteiger partial charge is 0.319 e. The first kappa shape index (κ1) is 14.2. The molecule has 0 radical (unpaired) electrons. The van der Waals surface area contributed by atoms with Crippen LogP contribution in [0, 0.1) is 0 Å². The van der Waals surface area contributed by atoms with Crippen molar-refractivity contribution in [2.24, 2.45) is 5.16 Å². The average Bonchev–Trinajstić information content (AvgIpc) is 2.38. The molecule has 0 saturated carbocycles. The van der Waals surface area contributed by atoms with Crippen LogP contribution in [0.3, 0.4) is 0 Å². The number of carbonyl (C=O) groups excluding carboxylic acids is 2. The lowest BCUT2D eigenvalue weighted by atomic mass is 10.4. The number of nitrogens with zero attached hydrogens (tertiary/aromatic N) is 4. The van der Waals surface area contributed by atoms with E-state index in [9.17, 15) is 14.4 Å². The van der Waals surface area contributed by atoms with Gasteiger partial charge in [-0.05, 0) is 0 Å². The minimum Gasteiger partial charge on any atom is -0.319 e. The van der Waals surface area contributed by atoms with Gasteiger partial charge in [-0.25, -0.2) is 14.8 Å². The van der Waals surface area contributed by atoms with Crippen LogP contribution in [0.5, 0.6) is 0 Å². The summed E-state index contributed by atoms with van der Waals surface area (Å²) in [6, 6.07) is 0. The molecule has 2 heterocycles. The molecule has 0 bridgehead atoms. The van der Waals surface area contributed by atoms with Crippen LogP contribution in [-0.4, -0.2) is 38.0 Å². The molecule has 0 atom stereocenters. The Bertz CT molecular complexity index is 797. The van der Waals surface area contributed by atoms with Gasteiger partial charge < -0.3 is 4.84 Å². The number of oxime groups is 1. The molecule has 2 rings (SSSR count). The van der Waals surface area contributed by atoms with Gasteiger partial charge in [0.1, 0.15) is 5.69 Å².